The second-order valence-electron chi connectivity index (χ2n) is 7.54. The van der Waals surface area contributed by atoms with Gasteiger partial charge in [0.05, 0.1) is 19.8 Å². The average Bonchev–Trinajstić information content (AvgIpc) is 2.83. The first-order valence-corrected chi connectivity index (χ1v) is 9.97. The molecule has 0 atom stereocenters. The van der Waals surface area contributed by atoms with Gasteiger partial charge in [0.1, 0.15) is 11.3 Å². The summed E-state index contributed by atoms with van der Waals surface area (Å²) in [5.41, 5.74) is 2.36. The van der Waals surface area contributed by atoms with E-state index in [2.05, 4.69) is 5.92 Å². The van der Waals surface area contributed by atoms with E-state index in [0.717, 1.165) is 16.7 Å². The molecule has 3 aromatic carbocycles. The molecule has 3 aromatic rings. The number of hydrogen-bond donors (Lipinski definition) is 0. The van der Waals surface area contributed by atoms with Gasteiger partial charge in [-0.25, -0.2) is 9.59 Å². The van der Waals surface area contributed by atoms with Gasteiger partial charge in [-0.2, -0.15) is 0 Å². The molecular formula is C27H24O5. The summed E-state index contributed by atoms with van der Waals surface area (Å²) in [5.74, 6) is 1.25. The van der Waals surface area contributed by atoms with Gasteiger partial charge in [0.15, 0.2) is 5.60 Å². The van der Waals surface area contributed by atoms with Crippen LogP contribution in [0.3, 0.4) is 0 Å². The Bertz CT molecular complexity index is 1170. The van der Waals surface area contributed by atoms with Crippen molar-refractivity contribution in [2.24, 2.45) is 0 Å². The number of esters is 2. The highest BCUT2D eigenvalue weighted by Crippen LogP contribution is 2.36. The van der Waals surface area contributed by atoms with Crippen LogP contribution in [0.25, 0.3) is 22.3 Å². The number of benzene rings is 3. The molecule has 162 valence electrons. The van der Waals surface area contributed by atoms with Crippen LogP contribution in [0.15, 0.2) is 66.7 Å². The zero-order valence-corrected chi connectivity index (χ0v) is 18.5. The molecule has 0 N–H and O–H groups in total. The summed E-state index contributed by atoms with van der Waals surface area (Å²) in [5, 5.41) is 0. The standard InChI is InChI=1S/C27H24O5/c1-6-27(2,3)32-22-17-16-21(23(25(28)30-4)24(22)26(29)31-5)20-14-12-19(13-15-20)18-10-8-7-9-11-18/h1,7-17H,2-5H3. The highest BCUT2D eigenvalue weighted by atomic mass is 16.5. The van der Waals surface area contributed by atoms with E-state index >= 15 is 0 Å². The molecule has 3 rings (SSSR count). The first-order valence-electron chi connectivity index (χ1n) is 9.97. The number of rotatable bonds is 6. The molecule has 0 aliphatic heterocycles. The Hall–Kier alpha value is -4.04. The highest BCUT2D eigenvalue weighted by Gasteiger charge is 2.30. The largest absolute Gasteiger partial charge is 0.474 e. The minimum atomic E-state index is -1.00. The van der Waals surface area contributed by atoms with E-state index in [1.165, 1.54) is 14.2 Å². The lowest BCUT2D eigenvalue weighted by Crippen LogP contribution is -2.27. The smallest absolute Gasteiger partial charge is 0.342 e. The monoisotopic (exact) mass is 428 g/mol. The van der Waals surface area contributed by atoms with Crippen LogP contribution < -0.4 is 4.74 Å². The fraction of sp³-hybridized carbons (Fsp3) is 0.185. The summed E-state index contributed by atoms with van der Waals surface area (Å²) >= 11 is 0. The molecule has 0 aliphatic rings. The Morgan fingerprint density at radius 3 is 1.84 bits per heavy atom. The Kier molecular flexibility index (Phi) is 6.65. The molecule has 0 bridgehead atoms. The first kappa shape index (κ1) is 22.6. The zero-order chi connectivity index (χ0) is 23.3. The number of carbonyl (C=O) groups excluding carboxylic acids is 2. The second kappa shape index (κ2) is 9.40. The van der Waals surface area contributed by atoms with Crippen LogP contribution in [0.2, 0.25) is 0 Å². The van der Waals surface area contributed by atoms with Crippen molar-refractivity contribution in [3.63, 3.8) is 0 Å². The van der Waals surface area contributed by atoms with Gasteiger partial charge in [0.25, 0.3) is 0 Å². The summed E-state index contributed by atoms with van der Waals surface area (Å²) in [6, 6.07) is 20.9. The Morgan fingerprint density at radius 2 is 1.28 bits per heavy atom. The summed E-state index contributed by atoms with van der Waals surface area (Å²) in [6.45, 7) is 3.37. The molecule has 0 saturated heterocycles. The molecule has 32 heavy (non-hydrogen) atoms. The fourth-order valence-corrected chi connectivity index (χ4v) is 3.31. The van der Waals surface area contributed by atoms with Gasteiger partial charge in [-0.3, -0.25) is 0 Å². The maximum atomic E-state index is 12.8. The number of carbonyl (C=O) groups is 2. The van der Waals surface area contributed by atoms with Crippen molar-refractivity contribution >= 4 is 11.9 Å². The third-order valence-electron chi connectivity index (χ3n) is 4.96. The lowest BCUT2D eigenvalue weighted by Gasteiger charge is -2.23. The van der Waals surface area contributed by atoms with Crippen LogP contribution in [-0.2, 0) is 9.47 Å². The average molecular weight is 428 g/mol. The van der Waals surface area contributed by atoms with Crippen LogP contribution >= 0.6 is 0 Å². The fourth-order valence-electron chi connectivity index (χ4n) is 3.31. The van der Waals surface area contributed by atoms with Crippen LogP contribution in [0, 0.1) is 12.3 Å². The van der Waals surface area contributed by atoms with Crippen molar-refractivity contribution in [1.82, 2.24) is 0 Å². The Morgan fingerprint density at radius 1 is 0.750 bits per heavy atom. The molecule has 0 amide bonds. The van der Waals surface area contributed by atoms with Crippen molar-refractivity contribution in [3.05, 3.63) is 77.9 Å². The maximum Gasteiger partial charge on any atom is 0.342 e. The van der Waals surface area contributed by atoms with Crippen molar-refractivity contribution < 1.29 is 23.8 Å². The molecule has 0 aliphatic carbocycles. The minimum absolute atomic E-state index is 0.0349. The third-order valence-corrected chi connectivity index (χ3v) is 4.96. The molecule has 0 aromatic heterocycles. The maximum absolute atomic E-state index is 12.8. The number of hydrogen-bond acceptors (Lipinski definition) is 5. The van der Waals surface area contributed by atoms with Gasteiger partial charge >= 0.3 is 11.9 Å². The third kappa shape index (κ3) is 4.65. The molecule has 0 saturated carbocycles. The van der Waals surface area contributed by atoms with Crippen LogP contribution in [0.1, 0.15) is 34.6 Å². The predicted octanol–water partition coefficient (Wildman–Crippen LogP) is 5.38. The minimum Gasteiger partial charge on any atom is -0.474 e. The molecule has 0 spiro atoms. The second-order valence-corrected chi connectivity index (χ2v) is 7.54. The van der Waals surface area contributed by atoms with E-state index in [1.807, 2.05) is 54.6 Å². The van der Waals surface area contributed by atoms with Gasteiger partial charge in [-0.1, -0.05) is 60.5 Å². The van der Waals surface area contributed by atoms with Gasteiger partial charge in [0, 0.05) is 0 Å². The van der Waals surface area contributed by atoms with E-state index in [0.29, 0.717) is 5.56 Å². The highest BCUT2D eigenvalue weighted by molar-refractivity contribution is 6.09. The molecule has 0 unspecified atom stereocenters. The van der Waals surface area contributed by atoms with Crippen LogP contribution in [0.5, 0.6) is 5.75 Å². The van der Waals surface area contributed by atoms with Crippen molar-refractivity contribution in [3.8, 4) is 40.3 Å². The van der Waals surface area contributed by atoms with Gasteiger partial charge in [-0.15, -0.1) is 6.42 Å². The molecule has 5 heteroatoms. The van der Waals surface area contributed by atoms with Gasteiger partial charge in [0.2, 0.25) is 0 Å². The lowest BCUT2D eigenvalue weighted by atomic mass is 9.93. The Labute approximate surface area is 187 Å². The quantitative estimate of drug-likeness (QED) is 0.389. The normalized spacial score (nSPS) is 10.7. The van der Waals surface area contributed by atoms with Gasteiger partial charge < -0.3 is 14.2 Å². The number of ether oxygens (including phenoxy) is 3. The summed E-state index contributed by atoms with van der Waals surface area (Å²) in [6.07, 6.45) is 5.54. The van der Waals surface area contributed by atoms with E-state index < -0.39 is 17.5 Å². The zero-order valence-electron chi connectivity index (χ0n) is 18.5. The molecule has 0 radical (unpaired) electrons. The lowest BCUT2D eigenvalue weighted by molar-refractivity contribution is 0.0547. The van der Waals surface area contributed by atoms with Crippen molar-refractivity contribution in [1.29, 1.82) is 0 Å². The van der Waals surface area contributed by atoms with Crippen molar-refractivity contribution in [2.75, 3.05) is 14.2 Å². The number of methoxy groups -OCH3 is 2. The SMILES string of the molecule is C#CC(C)(C)Oc1ccc(-c2ccc(-c3ccccc3)cc2)c(C(=O)OC)c1C(=O)OC. The molecule has 0 fully saturated rings. The Balaban J connectivity index is 2.19. The van der Waals surface area contributed by atoms with E-state index in [4.69, 9.17) is 20.6 Å². The first-order chi connectivity index (χ1) is 15.3. The summed E-state index contributed by atoms with van der Waals surface area (Å²) < 4.78 is 15.8. The van der Waals surface area contributed by atoms with E-state index in [9.17, 15) is 9.59 Å². The van der Waals surface area contributed by atoms with Crippen LogP contribution in [-0.4, -0.2) is 31.8 Å². The molecular weight excluding hydrogens is 404 g/mol. The number of terminal acetylenes is 1. The van der Waals surface area contributed by atoms with E-state index in [-0.39, 0.29) is 16.9 Å². The van der Waals surface area contributed by atoms with Crippen LogP contribution in [0.4, 0.5) is 0 Å². The molecule has 5 nitrogen and oxygen atoms in total. The summed E-state index contributed by atoms with van der Waals surface area (Å²) in [7, 11) is 2.49. The van der Waals surface area contributed by atoms with E-state index in [1.54, 1.807) is 26.0 Å². The topological polar surface area (TPSA) is 61.8 Å². The molecule has 0 heterocycles. The predicted molar refractivity (Wildman–Crippen MR) is 124 cm³/mol. The van der Waals surface area contributed by atoms with Gasteiger partial charge in [-0.05, 0) is 48.2 Å². The summed E-state index contributed by atoms with van der Waals surface area (Å²) in [4.78, 5) is 25.5. The van der Waals surface area contributed by atoms with Crippen molar-refractivity contribution in [2.45, 2.75) is 19.4 Å².